The Hall–Kier alpha value is -2.85. The zero-order valence-electron chi connectivity index (χ0n) is 62.0. The van der Waals surface area contributed by atoms with E-state index in [1.165, 1.54) is 123 Å². The third-order valence-corrected chi connectivity index (χ3v) is 20.9. The fourth-order valence-electron chi connectivity index (χ4n) is 14.3. The van der Waals surface area contributed by atoms with Crippen LogP contribution in [0.15, 0.2) is 12.2 Å². The molecule has 104 heavy (non-hydrogen) atoms. The lowest BCUT2D eigenvalue weighted by molar-refractivity contribution is -0.404. The molecule has 0 radical (unpaired) electrons. The number of aliphatic hydroxyl groups excluding tert-OH is 15. The molecular formula is C73H132N2O29. The van der Waals surface area contributed by atoms with E-state index in [0.29, 0.717) is 12.8 Å². The van der Waals surface area contributed by atoms with Gasteiger partial charge in [0, 0.05) is 31.6 Å². The van der Waals surface area contributed by atoms with Crippen LogP contribution in [0.3, 0.4) is 0 Å². The Morgan fingerprint density at radius 1 is 0.519 bits per heavy atom. The molecule has 5 rings (SSSR count). The Bertz CT molecular complexity index is 2370. The molecule has 5 aliphatic heterocycles. The number of aliphatic carboxylic acids is 1. The van der Waals surface area contributed by atoms with Crippen LogP contribution >= 0.6 is 0 Å². The van der Waals surface area contributed by atoms with Crippen LogP contribution in [-0.2, 0) is 61.8 Å². The molecule has 0 aromatic carbocycles. The lowest BCUT2D eigenvalue weighted by Crippen LogP contribution is -2.71. The molecule has 18 N–H and O–H groups in total. The quantitative estimate of drug-likeness (QED) is 0.0302. The van der Waals surface area contributed by atoms with Gasteiger partial charge in [0.1, 0.15) is 97.6 Å². The second kappa shape index (κ2) is 48.7. The topological polar surface area (TPSA) is 491 Å². The molecule has 5 fully saturated rings. The van der Waals surface area contributed by atoms with Crippen molar-refractivity contribution >= 4 is 17.8 Å². The van der Waals surface area contributed by atoms with Crippen LogP contribution in [0.4, 0.5) is 0 Å². The highest BCUT2D eigenvalue weighted by atomic mass is 16.8. The fraction of sp³-hybridized carbons (Fsp3) is 0.932. The first-order valence-corrected chi connectivity index (χ1v) is 38.7. The Morgan fingerprint density at radius 2 is 0.990 bits per heavy atom. The van der Waals surface area contributed by atoms with Gasteiger partial charge in [-0.15, -0.1) is 0 Å². The average Bonchev–Trinajstić information content (AvgIpc) is 0.742. The molecule has 31 nitrogen and oxygen atoms in total. The first-order chi connectivity index (χ1) is 49.9. The first-order valence-electron chi connectivity index (χ1n) is 38.7. The number of hydrogen-bond donors (Lipinski definition) is 18. The summed E-state index contributed by atoms with van der Waals surface area (Å²) in [5, 5.41) is 183. The van der Waals surface area contributed by atoms with Gasteiger partial charge in [-0.3, -0.25) is 9.59 Å². The zero-order chi connectivity index (χ0) is 76.5. The van der Waals surface area contributed by atoms with E-state index in [1.807, 2.05) is 6.08 Å². The maximum Gasteiger partial charge on any atom is 0.364 e. The summed E-state index contributed by atoms with van der Waals surface area (Å²) in [5.74, 6) is -8.70. The summed E-state index contributed by atoms with van der Waals surface area (Å²) in [6.07, 6.45) is -10.0. The summed E-state index contributed by atoms with van der Waals surface area (Å²) in [6.45, 7) is 2.65. The van der Waals surface area contributed by atoms with E-state index in [1.54, 1.807) is 6.08 Å². The van der Waals surface area contributed by atoms with E-state index in [4.69, 9.17) is 47.4 Å². The predicted molar refractivity (Wildman–Crippen MR) is 373 cm³/mol. The number of amides is 2. The third kappa shape index (κ3) is 27.9. The largest absolute Gasteiger partial charge is 0.477 e. The van der Waals surface area contributed by atoms with E-state index in [9.17, 15) is 96.1 Å². The van der Waals surface area contributed by atoms with Crippen LogP contribution in [0, 0.1) is 11.8 Å². The van der Waals surface area contributed by atoms with Crippen molar-refractivity contribution in [1.82, 2.24) is 10.6 Å². The summed E-state index contributed by atoms with van der Waals surface area (Å²) in [7, 11) is 0. The van der Waals surface area contributed by atoms with Crippen molar-refractivity contribution in [3.8, 4) is 0 Å². The van der Waals surface area contributed by atoms with E-state index in [0.717, 1.165) is 58.3 Å². The minimum absolute atomic E-state index is 0.156. The van der Waals surface area contributed by atoms with Crippen LogP contribution in [0.2, 0.25) is 0 Å². The fourth-order valence-corrected chi connectivity index (χ4v) is 14.3. The molecule has 0 spiro atoms. The molecule has 0 aliphatic carbocycles. The van der Waals surface area contributed by atoms with E-state index in [-0.39, 0.29) is 12.3 Å². The Kier molecular flexibility index (Phi) is 43.0. The van der Waals surface area contributed by atoms with Gasteiger partial charge in [-0.05, 0) is 19.3 Å². The molecule has 0 bridgehead atoms. The summed E-state index contributed by atoms with van der Waals surface area (Å²) in [4.78, 5) is 40.4. The molecule has 608 valence electrons. The molecule has 5 heterocycles. The molecule has 0 aromatic rings. The maximum atomic E-state index is 13.7. The molecular weight excluding hydrogens is 1370 g/mol. The summed E-state index contributed by atoms with van der Waals surface area (Å²) >= 11 is 0. The predicted octanol–water partition coefficient (Wildman–Crippen LogP) is 1.36. The molecule has 9 unspecified atom stereocenters. The summed E-state index contributed by atoms with van der Waals surface area (Å²) in [5.41, 5.74) is 0. The number of hydrogen-bond acceptors (Lipinski definition) is 28. The van der Waals surface area contributed by atoms with Crippen LogP contribution in [-0.4, -0.2) is 298 Å². The molecule has 0 saturated carbocycles. The number of carboxylic acid groups (broad SMARTS) is 1. The normalized spacial score (nSPS) is 35.3. The van der Waals surface area contributed by atoms with Gasteiger partial charge in [-0.1, -0.05) is 194 Å². The lowest BCUT2D eigenvalue weighted by Gasteiger charge is -2.52. The number of carbonyl (C=O) groups excluding carboxylic acids is 2. The number of carboxylic acids is 1. The van der Waals surface area contributed by atoms with Gasteiger partial charge >= 0.3 is 5.97 Å². The number of rotatable bonds is 51. The number of nitrogens with one attached hydrogen (secondary N) is 2. The Balaban J connectivity index is 1.37. The van der Waals surface area contributed by atoms with E-state index < -0.39 is 229 Å². The summed E-state index contributed by atoms with van der Waals surface area (Å²) in [6, 6.07) is -2.86. The van der Waals surface area contributed by atoms with Gasteiger partial charge in [0.15, 0.2) is 25.2 Å². The highest BCUT2D eigenvalue weighted by molar-refractivity contribution is 5.76. The van der Waals surface area contributed by atoms with Crippen LogP contribution in [0.25, 0.3) is 0 Å². The first kappa shape index (κ1) is 91.8. The van der Waals surface area contributed by atoms with Gasteiger partial charge in [-0.2, -0.15) is 0 Å². The number of carbonyl (C=O) groups is 3. The van der Waals surface area contributed by atoms with Gasteiger partial charge in [0.2, 0.25) is 11.8 Å². The standard InChI is InChI=1S/C73H132N2O29/c1-6-8-10-12-14-16-18-20-21-23-25-27-29-31-33-35-54(85)75-46(47(82)34-32-30-28-26-24-22-19-17-15-13-11-9-7-2)42-95-70-61(91)60(90)64(52(40-79)98-70)100-71-62(92)67(104-73(72(93)94)36-48(83)43(3)63(103-73)57(87)49(84)37-76)65(53(41-80)99-71)101-69-55(74-45(5)81)66(59(89)51(39-78)97-69)102-68-44(4)56(86)58(88)50(38-77)96-68/h32,34,43-44,46-53,55-71,76-80,82-84,86-92H,6-31,33,35-42H2,1-5H3,(H,74,81)(H,75,85)(H,93,94)/b34-32+/t43-,44?,46+,47-,48?,49-,50?,51?,52+,53?,55?,56-,57-,58+,59+,60?,61?,62?,63-,64-,65+,66-,67-,68+,69+,70-,71+,73+/m1/s1. The van der Waals surface area contributed by atoms with Crippen LogP contribution in [0.1, 0.15) is 221 Å². The second-order valence-electron chi connectivity index (χ2n) is 29.3. The lowest BCUT2D eigenvalue weighted by atomic mass is 9.84. The van der Waals surface area contributed by atoms with Crippen molar-refractivity contribution in [3.05, 3.63) is 12.2 Å². The van der Waals surface area contributed by atoms with Crippen molar-refractivity contribution in [2.45, 2.75) is 380 Å². The van der Waals surface area contributed by atoms with Crippen molar-refractivity contribution in [1.29, 1.82) is 0 Å². The SMILES string of the molecule is CCCCCCCCCCCCC/C=C/[C@@H](O)[C@H](CO[C@@H]1O[C@@H](CO)[C@@H](O[C@@H]2OC(CO)[C@H](O[C@@H]3OC(CO)[C@H](O)[C@H](O[C@@H]4OC(CO)[C@H](O)[C@H](O)C4C)C3NC(C)=O)[C@H](O[C@]3(C(=O)O)CC(O)[C@@H](C)[C@H]([C@H](O)[C@H](O)CO)O3)C2O)C(O)C1O)NC(=O)CCCCCCCCCCCCCCCCC. The minimum Gasteiger partial charge on any atom is -0.477 e. The van der Waals surface area contributed by atoms with Gasteiger partial charge < -0.3 is 140 Å². The van der Waals surface area contributed by atoms with Crippen molar-refractivity contribution < 1.29 is 143 Å². The average molecular weight is 1500 g/mol. The van der Waals surface area contributed by atoms with Gasteiger partial charge in [0.05, 0.1) is 70.1 Å². The zero-order valence-corrected chi connectivity index (χ0v) is 62.0. The van der Waals surface area contributed by atoms with Gasteiger partial charge in [0.25, 0.3) is 5.79 Å². The van der Waals surface area contributed by atoms with Gasteiger partial charge in [-0.25, -0.2) is 4.79 Å². The van der Waals surface area contributed by atoms with E-state index in [2.05, 4.69) is 24.5 Å². The smallest absolute Gasteiger partial charge is 0.364 e. The minimum atomic E-state index is -3.19. The molecule has 31 heteroatoms. The number of unbranched alkanes of at least 4 members (excludes halogenated alkanes) is 25. The molecule has 5 saturated heterocycles. The highest BCUT2D eigenvalue weighted by Gasteiger charge is 2.61. The van der Waals surface area contributed by atoms with Crippen LogP contribution < -0.4 is 10.6 Å². The van der Waals surface area contributed by atoms with Crippen molar-refractivity contribution in [3.63, 3.8) is 0 Å². The maximum absolute atomic E-state index is 13.7. The molecule has 2 amide bonds. The van der Waals surface area contributed by atoms with Crippen molar-refractivity contribution in [2.24, 2.45) is 11.8 Å². The Morgan fingerprint density at radius 3 is 1.51 bits per heavy atom. The van der Waals surface area contributed by atoms with E-state index >= 15 is 0 Å². The summed E-state index contributed by atoms with van der Waals surface area (Å²) < 4.78 is 60.9. The van der Waals surface area contributed by atoms with Crippen LogP contribution in [0.5, 0.6) is 0 Å². The molecule has 28 atom stereocenters. The number of allylic oxidation sites excluding steroid dienone is 1. The monoisotopic (exact) mass is 1500 g/mol. The molecule has 0 aromatic heterocycles. The Labute approximate surface area is 613 Å². The number of aliphatic hydroxyl groups is 15. The highest BCUT2D eigenvalue weighted by Crippen LogP contribution is 2.42. The number of ether oxygens (including phenoxy) is 10. The second-order valence-corrected chi connectivity index (χ2v) is 29.3. The molecule has 5 aliphatic rings. The third-order valence-electron chi connectivity index (χ3n) is 20.9. The van der Waals surface area contributed by atoms with Crippen molar-refractivity contribution in [2.75, 3.05) is 39.6 Å².